The van der Waals surface area contributed by atoms with Crippen LogP contribution < -0.4 is 15.0 Å². The monoisotopic (exact) mass is 483 g/mol. The number of benzene rings is 2. The van der Waals surface area contributed by atoms with E-state index in [0.29, 0.717) is 24.5 Å². The molecule has 0 unspecified atom stereocenters. The highest BCUT2D eigenvalue weighted by molar-refractivity contribution is 7.89. The van der Waals surface area contributed by atoms with Gasteiger partial charge in [-0.2, -0.15) is 4.31 Å². The molecular weight excluding hydrogens is 454 g/mol. The first-order chi connectivity index (χ1) is 16.4. The van der Waals surface area contributed by atoms with Crippen LogP contribution in [0.15, 0.2) is 47.4 Å². The molecule has 0 radical (unpaired) electrons. The van der Waals surface area contributed by atoms with Gasteiger partial charge in [-0.05, 0) is 61.4 Å². The summed E-state index contributed by atoms with van der Waals surface area (Å²) in [6.07, 6.45) is 5.51. The number of rotatable bonds is 5. The zero-order valence-corrected chi connectivity index (χ0v) is 19.9. The lowest BCUT2D eigenvalue weighted by atomic mass is 9.88. The summed E-state index contributed by atoms with van der Waals surface area (Å²) in [6.45, 7) is 0.597. The summed E-state index contributed by atoms with van der Waals surface area (Å²) in [7, 11) is -3.68. The molecule has 3 aliphatic rings. The van der Waals surface area contributed by atoms with Gasteiger partial charge in [-0.1, -0.05) is 30.7 Å². The zero-order valence-electron chi connectivity index (χ0n) is 19.0. The molecule has 1 N–H and O–H groups in total. The van der Waals surface area contributed by atoms with Crippen LogP contribution in [0.4, 0.5) is 5.69 Å². The van der Waals surface area contributed by atoms with Gasteiger partial charge in [-0.15, -0.1) is 0 Å². The first kappa shape index (κ1) is 22.9. The summed E-state index contributed by atoms with van der Waals surface area (Å²) in [5, 5.41) is 3.07. The van der Waals surface area contributed by atoms with Crippen molar-refractivity contribution in [2.45, 2.75) is 49.5 Å². The fourth-order valence-electron chi connectivity index (χ4n) is 5.06. The average Bonchev–Trinajstić information content (AvgIpc) is 2.86. The lowest BCUT2D eigenvalue weighted by Crippen LogP contribution is -2.46. The molecule has 0 saturated carbocycles. The number of nitrogens with zero attached hydrogens (tertiary/aromatic N) is 2. The van der Waals surface area contributed by atoms with Crippen LogP contribution in [0.25, 0.3) is 0 Å². The molecule has 8 nitrogen and oxygen atoms in total. The van der Waals surface area contributed by atoms with Crippen molar-refractivity contribution in [2.24, 2.45) is 0 Å². The Kier molecular flexibility index (Phi) is 6.31. The average molecular weight is 484 g/mol. The number of anilines is 1. The number of sulfonamides is 1. The Balaban J connectivity index is 1.37. The van der Waals surface area contributed by atoms with Crippen molar-refractivity contribution < 1.29 is 22.7 Å². The fourth-order valence-corrected chi connectivity index (χ4v) is 6.60. The second-order valence-electron chi connectivity index (χ2n) is 9.07. The van der Waals surface area contributed by atoms with Crippen molar-refractivity contribution in [1.82, 2.24) is 9.62 Å². The van der Waals surface area contributed by atoms with E-state index in [2.05, 4.69) is 11.4 Å². The third kappa shape index (κ3) is 4.42. The van der Waals surface area contributed by atoms with E-state index in [1.165, 1.54) is 26.9 Å². The van der Waals surface area contributed by atoms with Gasteiger partial charge in [0.2, 0.25) is 15.9 Å². The quantitative estimate of drug-likeness (QED) is 0.706. The van der Waals surface area contributed by atoms with Gasteiger partial charge in [-0.25, -0.2) is 8.42 Å². The number of ether oxygens (including phenoxy) is 1. The van der Waals surface area contributed by atoms with Gasteiger partial charge in [-0.3, -0.25) is 14.5 Å². The van der Waals surface area contributed by atoms with Crippen LogP contribution in [0.1, 0.15) is 49.3 Å². The van der Waals surface area contributed by atoms with Gasteiger partial charge < -0.3 is 10.1 Å². The van der Waals surface area contributed by atoms with Gasteiger partial charge in [0.05, 0.1) is 16.6 Å². The third-order valence-corrected chi connectivity index (χ3v) is 8.73. The predicted octanol–water partition coefficient (Wildman–Crippen LogP) is 2.78. The summed E-state index contributed by atoms with van der Waals surface area (Å²) in [5.74, 6) is -0.264. The Morgan fingerprint density at radius 3 is 2.68 bits per heavy atom. The predicted molar refractivity (Wildman–Crippen MR) is 127 cm³/mol. The molecule has 0 spiro atoms. The van der Waals surface area contributed by atoms with E-state index in [1.54, 1.807) is 6.07 Å². The number of nitrogens with one attached hydrogen (secondary N) is 1. The van der Waals surface area contributed by atoms with Crippen LogP contribution in [-0.2, 0) is 26.0 Å². The Labute approximate surface area is 199 Å². The van der Waals surface area contributed by atoms with E-state index in [0.717, 1.165) is 44.1 Å². The van der Waals surface area contributed by atoms with E-state index in [-0.39, 0.29) is 35.9 Å². The number of aryl methyl sites for hydroxylation is 1. The van der Waals surface area contributed by atoms with Crippen LogP contribution in [0.5, 0.6) is 5.75 Å². The normalized spacial score (nSPS) is 20.8. The number of piperidine rings is 1. The van der Waals surface area contributed by atoms with Crippen molar-refractivity contribution in [3.63, 3.8) is 0 Å². The number of hydrogen-bond donors (Lipinski definition) is 1. The molecule has 5 rings (SSSR count). The number of carbonyl (C=O) groups excluding carboxylic acids is 2. The molecule has 2 heterocycles. The van der Waals surface area contributed by atoms with Gasteiger partial charge in [0.25, 0.3) is 5.91 Å². The van der Waals surface area contributed by atoms with Crippen molar-refractivity contribution in [1.29, 1.82) is 0 Å². The largest absolute Gasteiger partial charge is 0.482 e. The Hall–Kier alpha value is -2.91. The highest BCUT2D eigenvalue weighted by atomic mass is 32.2. The van der Waals surface area contributed by atoms with Crippen LogP contribution in [0.2, 0.25) is 0 Å². The molecule has 9 heteroatoms. The van der Waals surface area contributed by atoms with Crippen molar-refractivity contribution in [2.75, 3.05) is 31.1 Å². The smallest absolute Gasteiger partial charge is 0.265 e. The van der Waals surface area contributed by atoms with Crippen LogP contribution in [-0.4, -0.2) is 50.8 Å². The van der Waals surface area contributed by atoms with E-state index in [4.69, 9.17) is 4.74 Å². The lowest BCUT2D eigenvalue weighted by Gasteiger charge is -2.31. The Morgan fingerprint density at radius 2 is 1.85 bits per heavy atom. The number of carbonyl (C=O) groups is 2. The van der Waals surface area contributed by atoms with Gasteiger partial charge >= 0.3 is 0 Å². The molecule has 2 aromatic carbocycles. The van der Waals surface area contributed by atoms with E-state index in [1.807, 2.05) is 18.2 Å². The molecule has 2 aromatic rings. The van der Waals surface area contributed by atoms with E-state index >= 15 is 0 Å². The molecule has 2 amide bonds. The molecule has 0 aromatic heterocycles. The van der Waals surface area contributed by atoms with Gasteiger partial charge in [0.1, 0.15) is 12.3 Å². The van der Waals surface area contributed by atoms with Crippen LogP contribution in [0.3, 0.4) is 0 Å². The number of amides is 2. The summed E-state index contributed by atoms with van der Waals surface area (Å²) in [4.78, 5) is 27.1. The standard InChI is InChI=1S/C25H29N3O5S/c29-24(26-21-10-6-8-18-7-2-3-9-20(18)21)16-28-22-15-19(11-12-23(22)33-17-25(28)30)34(31,32)27-13-4-1-5-14-27/h2-3,7,9,11-12,15,21H,1,4-6,8,10,13-14,16-17H2,(H,26,29)/t21-/m0/s1. The zero-order chi connectivity index (χ0) is 23.7. The molecule has 1 saturated heterocycles. The highest BCUT2D eigenvalue weighted by Gasteiger charge is 2.32. The SMILES string of the molecule is O=C(CN1C(=O)COc2ccc(S(=O)(=O)N3CCCCC3)cc21)N[C@H]1CCCc2ccccc21. The van der Waals surface area contributed by atoms with Crippen LogP contribution in [0, 0.1) is 0 Å². The summed E-state index contributed by atoms with van der Waals surface area (Å²) in [5.41, 5.74) is 2.67. The highest BCUT2D eigenvalue weighted by Crippen LogP contribution is 2.35. The molecule has 180 valence electrons. The molecule has 34 heavy (non-hydrogen) atoms. The molecule has 1 fully saturated rings. The number of hydrogen-bond acceptors (Lipinski definition) is 5. The Bertz CT molecular complexity index is 1210. The molecular formula is C25H29N3O5S. The van der Waals surface area contributed by atoms with Crippen molar-refractivity contribution in [3.05, 3.63) is 53.6 Å². The topological polar surface area (TPSA) is 96.0 Å². The van der Waals surface area contributed by atoms with E-state index in [9.17, 15) is 18.0 Å². The van der Waals surface area contributed by atoms with Crippen molar-refractivity contribution in [3.8, 4) is 5.75 Å². The van der Waals surface area contributed by atoms with Crippen LogP contribution >= 0.6 is 0 Å². The maximum atomic E-state index is 13.2. The molecule has 0 bridgehead atoms. The minimum atomic E-state index is -3.68. The molecule has 2 aliphatic heterocycles. The summed E-state index contributed by atoms with van der Waals surface area (Å²) < 4.78 is 33.3. The van der Waals surface area contributed by atoms with Crippen molar-refractivity contribution >= 4 is 27.5 Å². The second-order valence-corrected chi connectivity index (χ2v) is 11.0. The first-order valence-corrected chi connectivity index (χ1v) is 13.3. The summed E-state index contributed by atoms with van der Waals surface area (Å²) >= 11 is 0. The maximum absolute atomic E-state index is 13.2. The van der Waals surface area contributed by atoms with Gasteiger partial charge in [0, 0.05) is 13.1 Å². The molecule has 1 atom stereocenters. The number of fused-ring (bicyclic) bond motifs is 2. The minimum Gasteiger partial charge on any atom is -0.482 e. The van der Waals surface area contributed by atoms with Gasteiger partial charge in [0.15, 0.2) is 6.61 Å². The third-order valence-electron chi connectivity index (χ3n) is 6.83. The fraction of sp³-hybridized carbons (Fsp3) is 0.440. The maximum Gasteiger partial charge on any atom is 0.265 e. The first-order valence-electron chi connectivity index (χ1n) is 11.9. The second kappa shape index (κ2) is 9.38. The Morgan fingerprint density at radius 1 is 1.06 bits per heavy atom. The molecule has 1 aliphatic carbocycles. The lowest BCUT2D eigenvalue weighted by molar-refractivity contribution is -0.125. The minimum absolute atomic E-state index is 0.0983. The van der Waals surface area contributed by atoms with E-state index < -0.39 is 10.0 Å². The summed E-state index contributed by atoms with van der Waals surface area (Å²) in [6, 6.07) is 12.5.